The monoisotopic (exact) mass is 396 g/mol. The molecule has 0 radical (unpaired) electrons. The maximum Gasteiger partial charge on any atom is 0.417 e. The average molecular weight is 396 g/mol. The summed E-state index contributed by atoms with van der Waals surface area (Å²) in [5.74, 6) is 0. The Morgan fingerprint density at radius 2 is 1.11 bits per heavy atom. The zero-order chi connectivity index (χ0) is 20.7. The van der Waals surface area contributed by atoms with E-state index in [1.165, 1.54) is 36.4 Å². The van der Waals surface area contributed by atoms with Gasteiger partial charge in [0.1, 0.15) is 0 Å². The maximum atomic E-state index is 13.4. The highest BCUT2D eigenvalue weighted by molar-refractivity contribution is 5.78. The fourth-order valence-corrected chi connectivity index (χ4v) is 2.84. The van der Waals surface area contributed by atoms with E-state index >= 15 is 0 Å². The first kappa shape index (κ1) is 19.6. The molecule has 3 aromatic carbocycles. The topological polar surface area (TPSA) is 52.0 Å². The number of nitrogens with two attached hydrogens (primary N) is 2. The Morgan fingerprint density at radius 3 is 1.68 bits per heavy atom. The molecule has 8 heteroatoms. The van der Waals surface area contributed by atoms with Crippen molar-refractivity contribution in [2.75, 3.05) is 11.5 Å². The zero-order valence-electron chi connectivity index (χ0n) is 14.2. The van der Waals surface area contributed by atoms with Gasteiger partial charge in [0, 0.05) is 11.4 Å². The van der Waals surface area contributed by atoms with Gasteiger partial charge in [0.15, 0.2) is 0 Å². The maximum absolute atomic E-state index is 13.4. The molecule has 0 saturated heterocycles. The van der Waals surface area contributed by atoms with E-state index in [1.54, 1.807) is 0 Å². The molecular weight excluding hydrogens is 382 g/mol. The number of nitrogen functional groups attached to an aromatic ring is 2. The second-order valence-electron chi connectivity index (χ2n) is 6.22. The van der Waals surface area contributed by atoms with Crippen molar-refractivity contribution in [2.45, 2.75) is 12.4 Å². The van der Waals surface area contributed by atoms with E-state index in [1.807, 2.05) is 0 Å². The second-order valence-corrected chi connectivity index (χ2v) is 6.22. The molecule has 146 valence electrons. The lowest BCUT2D eigenvalue weighted by atomic mass is 9.93. The van der Waals surface area contributed by atoms with Crippen LogP contribution < -0.4 is 11.5 Å². The van der Waals surface area contributed by atoms with Gasteiger partial charge < -0.3 is 11.5 Å². The van der Waals surface area contributed by atoms with Crippen LogP contribution in [-0.4, -0.2) is 0 Å². The van der Waals surface area contributed by atoms with Gasteiger partial charge in [-0.3, -0.25) is 0 Å². The summed E-state index contributed by atoms with van der Waals surface area (Å²) in [6, 6.07) is 11.9. The summed E-state index contributed by atoms with van der Waals surface area (Å²) in [7, 11) is 0. The second kappa shape index (κ2) is 6.78. The van der Waals surface area contributed by atoms with Gasteiger partial charge in [0.2, 0.25) is 0 Å². The molecule has 4 N–H and O–H groups in total. The highest BCUT2D eigenvalue weighted by Crippen LogP contribution is 2.41. The molecule has 28 heavy (non-hydrogen) atoms. The average Bonchev–Trinajstić information content (AvgIpc) is 2.60. The van der Waals surface area contributed by atoms with Crippen LogP contribution >= 0.6 is 0 Å². The Bertz CT molecular complexity index is 1000. The van der Waals surface area contributed by atoms with Crippen LogP contribution in [0, 0.1) is 0 Å². The standard InChI is InChI=1S/C20H14F6N2/c21-19(22,23)14-8-12(11-1-3-15(27)4-2-11)7-13(9-14)17-6-5-16(28)10-18(17)20(24,25)26/h1-10H,27-28H2. The number of anilines is 2. The van der Waals surface area contributed by atoms with Crippen LogP contribution in [-0.2, 0) is 12.4 Å². The number of hydrogen-bond donors (Lipinski definition) is 2. The largest absolute Gasteiger partial charge is 0.417 e. The molecule has 0 atom stereocenters. The molecule has 0 aliphatic heterocycles. The first-order valence-electron chi connectivity index (χ1n) is 8.00. The molecule has 0 aliphatic rings. The smallest absolute Gasteiger partial charge is 0.399 e. The van der Waals surface area contributed by atoms with Gasteiger partial charge in [-0.15, -0.1) is 0 Å². The van der Waals surface area contributed by atoms with E-state index in [-0.39, 0.29) is 22.4 Å². The van der Waals surface area contributed by atoms with Crippen molar-refractivity contribution in [3.8, 4) is 22.3 Å². The van der Waals surface area contributed by atoms with Crippen molar-refractivity contribution in [2.24, 2.45) is 0 Å². The van der Waals surface area contributed by atoms with E-state index in [9.17, 15) is 26.3 Å². The highest BCUT2D eigenvalue weighted by Gasteiger charge is 2.35. The van der Waals surface area contributed by atoms with Gasteiger partial charge in [-0.2, -0.15) is 26.3 Å². The molecule has 3 rings (SSSR count). The zero-order valence-corrected chi connectivity index (χ0v) is 14.2. The quantitative estimate of drug-likeness (QED) is 0.399. The molecule has 0 aromatic heterocycles. The molecular formula is C20H14F6N2. The summed E-state index contributed by atoms with van der Waals surface area (Å²) in [5, 5.41) is 0. The molecule has 2 nitrogen and oxygen atoms in total. The SMILES string of the molecule is Nc1ccc(-c2cc(-c3ccc(N)cc3C(F)(F)F)cc(C(F)(F)F)c2)cc1. The lowest BCUT2D eigenvalue weighted by molar-refractivity contribution is -0.137. The number of alkyl halides is 6. The third-order valence-electron chi connectivity index (χ3n) is 4.16. The number of rotatable bonds is 2. The summed E-state index contributed by atoms with van der Waals surface area (Å²) in [5.41, 5.74) is 9.07. The number of benzene rings is 3. The molecule has 0 amide bonds. The van der Waals surface area contributed by atoms with Crippen molar-refractivity contribution in [3.63, 3.8) is 0 Å². The van der Waals surface area contributed by atoms with E-state index in [2.05, 4.69) is 0 Å². The van der Waals surface area contributed by atoms with Gasteiger partial charge in [-0.05, 0) is 64.7 Å². The Hall–Kier alpha value is -3.16. The molecule has 0 heterocycles. The molecule has 0 unspecified atom stereocenters. The van der Waals surface area contributed by atoms with Crippen LogP contribution in [0.1, 0.15) is 11.1 Å². The summed E-state index contributed by atoms with van der Waals surface area (Å²) in [6.45, 7) is 0. The summed E-state index contributed by atoms with van der Waals surface area (Å²) in [4.78, 5) is 0. The number of hydrogen-bond acceptors (Lipinski definition) is 2. The summed E-state index contributed by atoms with van der Waals surface area (Å²) < 4.78 is 80.4. The minimum atomic E-state index is -4.78. The molecule has 3 aromatic rings. The van der Waals surface area contributed by atoms with Crippen molar-refractivity contribution in [3.05, 3.63) is 71.8 Å². The van der Waals surface area contributed by atoms with Crippen LogP contribution in [0.5, 0.6) is 0 Å². The van der Waals surface area contributed by atoms with Crippen molar-refractivity contribution in [1.82, 2.24) is 0 Å². The van der Waals surface area contributed by atoms with Crippen LogP contribution in [0.15, 0.2) is 60.7 Å². The Labute approximate surface area is 156 Å². The third-order valence-corrected chi connectivity index (χ3v) is 4.16. The fraction of sp³-hybridized carbons (Fsp3) is 0.100. The Morgan fingerprint density at radius 1 is 0.536 bits per heavy atom. The minimum absolute atomic E-state index is 0.120. The van der Waals surface area contributed by atoms with E-state index < -0.39 is 23.5 Å². The van der Waals surface area contributed by atoms with E-state index in [0.717, 1.165) is 12.1 Å². The first-order chi connectivity index (χ1) is 12.9. The summed E-state index contributed by atoms with van der Waals surface area (Å²) >= 11 is 0. The number of halogens is 6. The van der Waals surface area contributed by atoms with Crippen LogP contribution in [0.3, 0.4) is 0 Å². The lowest BCUT2D eigenvalue weighted by Gasteiger charge is -2.17. The molecule has 0 aliphatic carbocycles. The van der Waals surface area contributed by atoms with E-state index in [4.69, 9.17) is 11.5 Å². The molecule has 0 bridgehead atoms. The molecule has 0 spiro atoms. The predicted molar refractivity (Wildman–Crippen MR) is 96.1 cm³/mol. The fourth-order valence-electron chi connectivity index (χ4n) is 2.84. The Balaban J connectivity index is 2.27. The van der Waals surface area contributed by atoms with Gasteiger partial charge >= 0.3 is 12.4 Å². The van der Waals surface area contributed by atoms with Gasteiger partial charge in [0.05, 0.1) is 11.1 Å². The minimum Gasteiger partial charge on any atom is -0.399 e. The van der Waals surface area contributed by atoms with Crippen LogP contribution in [0.2, 0.25) is 0 Å². The normalized spacial score (nSPS) is 12.2. The first-order valence-corrected chi connectivity index (χ1v) is 8.00. The lowest BCUT2D eigenvalue weighted by Crippen LogP contribution is -2.09. The van der Waals surface area contributed by atoms with Gasteiger partial charge in [-0.25, -0.2) is 0 Å². The molecule has 0 fully saturated rings. The van der Waals surface area contributed by atoms with Crippen LogP contribution in [0.25, 0.3) is 22.3 Å². The van der Waals surface area contributed by atoms with Crippen LogP contribution in [0.4, 0.5) is 37.7 Å². The Kier molecular flexibility index (Phi) is 4.74. The van der Waals surface area contributed by atoms with Gasteiger partial charge in [-0.1, -0.05) is 18.2 Å². The van der Waals surface area contributed by atoms with Crippen molar-refractivity contribution in [1.29, 1.82) is 0 Å². The predicted octanol–water partition coefficient (Wildman–Crippen LogP) is 6.22. The van der Waals surface area contributed by atoms with Crippen molar-refractivity contribution >= 4 is 11.4 Å². The molecule has 0 saturated carbocycles. The third kappa shape index (κ3) is 4.05. The summed E-state index contributed by atoms with van der Waals surface area (Å²) in [6.07, 6.45) is -9.51. The highest BCUT2D eigenvalue weighted by atomic mass is 19.4. The van der Waals surface area contributed by atoms with Gasteiger partial charge in [0.25, 0.3) is 0 Å². The van der Waals surface area contributed by atoms with Crippen molar-refractivity contribution < 1.29 is 26.3 Å². The van der Waals surface area contributed by atoms with E-state index in [0.29, 0.717) is 23.4 Å².